The van der Waals surface area contributed by atoms with Gasteiger partial charge in [0.05, 0.1) is 28.3 Å². The minimum Gasteiger partial charge on any atom is -0.333 e. The van der Waals surface area contributed by atoms with Crippen molar-refractivity contribution in [1.82, 2.24) is 9.88 Å². The first kappa shape index (κ1) is 22.3. The van der Waals surface area contributed by atoms with Crippen LogP contribution in [0.2, 0.25) is 5.02 Å². The lowest BCUT2D eigenvalue weighted by molar-refractivity contribution is -0.137. The van der Waals surface area contributed by atoms with Crippen LogP contribution in [0.15, 0.2) is 60.7 Å². The minimum absolute atomic E-state index is 0.0709. The number of nitrogens with one attached hydrogen (secondary N) is 1. The molecular formula is C22H17ClF3N3O2. The number of aromatic nitrogens is 1. The number of hydrogen-bond donors (Lipinski definition) is 1. The highest BCUT2D eigenvalue weighted by Gasteiger charge is 2.33. The average molecular weight is 448 g/mol. The van der Waals surface area contributed by atoms with Gasteiger partial charge in [0.1, 0.15) is 0 Å². The first-order valence-electron chi connectivity index (χ1n) is 9.09. The number of likely N-dealkylation sites (N-methyl/N-ethyl adjacent to an activating group) is 1. The SMILES string of the molecule is CN(CC(=O)Nc1ccc(Cl)c(C(F)(F)F)c1)C(=O)C=Cc1ccc2ccccc2n1. The Morgan fingerprint density at radius 2 is 1.87 bits per heavy atom. The molecule has 1 N–H and O–H groups in total. The van der Waals surface area contributed by atoms with Crippen molar-refractivity contribution < 1.29 is 22.8 Å². The van der Waals surface area contributed by atoms with Crippen LogP contribution in [0, 0.1) is 0 Å². The van der Waals surface area contributed by atoms with Crippen molar-refractivity contribution in [2.45, 2.75) is 6.18 Å². The average Bonchev–Trinajstić information content (AvgIpc) is 2.72. The van der Waals surface area contributed by atoms with Crippen LogP contribution < -0.4 is 5.32 Å². The van der Waals surface area contributed by atoms with Gasteiger partial charge in [-0.3, -0.25) is 9.59 Å². The quantitative estimate of drug-likeness (QED) is 0.559. The molecule has 1 heterocycles. The van der Waals surface area contributed by atoms with Gasteiger partial charge in [0.15, 0.2) is 0 Å². The first-order chi connectivity index (χ1) is 14.6. The number of para-hydroxylation sites is 1. The Hall–Kier alpha value is -3.39. The molecule has 2 amide bonds. The van der Waals surface area contributed by atoms with Gasteiger partial charge in [-0.25, -0.2) is 4.98 Å². The molecule has 160 valence electrons. The number of nitrogens with zero attached hydrogens (tertiary/aromatic N) is 2. The van der Waals surface area contributed by atoms with Crippen LogP contribution in [0.1, 0.15) is 11.3 Å². The molecule has 1 aromatic heterocycles. The molecule has 0 spiro atoms. The van der Waals surface area contributed by atoms with Gasteiger partial charge in [0, 0.05) is 24.2 Å². The van der Waals surface area contributed by atoms with Crippen LogP contribution in [0.4, 0.5) is 18.9 Å². The highest BCUT2D eigenvalue weighted by molar-refractivity contribution is 6.31. The number of rotatable bonds is 5. The van der Waals surface area contributed by atoms with Crippen LogP contribution >= 0.6 is 11.6 Å². The zero-order valence-electron chi connectivity index (χ0n) is 16.3. The number of amides is 2. The second-order valence-electron chi connectivity index (χ2n) is 6.70. The molecule has 0 radical (unpaired) electrons. The lowest BCUT2D eigenvalue weighted by atomic mass is 10.2. The Bertz CT molecular complexity index is 1160. The lowest BCUT2D eigenvalue weighted by Crippen LogP contribution is -2.33. The third kappa shape index (κ3) is 5.82. The van der Waals surface area contributed by atoms with Crippen LogP contribution in [-0.4, -0.2) is 35.3 Å². The summed E-state index contributed by atoms with van der Waals surface area (Å²) in [5.74, 6) is -1.11. The van der Waals surface area contributed by atoms with Crippen molar-refractivity contribution in [3.8, 4) is 0 Å². The Balaban J connectivity index is 1.61. The maximum atomic E-state index is 12.9. The zero-order valence-corrected chi connectivity index (χ0v) is 17.0. The summed E-state index contributed by atoms with van der Waals surface area (Å²) in [6.07, 6.45) is -1.85. The number of pyridine rings is 1. The van der Waals surface area contributed by atoms with Gasteiger partial charge in [0.25, 0.3) is 0 Å². The summed E-state index contributed by atoms with van der Waals surface area (Å²) in [6, 6.07) is 14.2. The molecule has 0 aliphatic heterocycles. The molecule has 5 nitrogen and oxygen atoms in total. The molecular weight excluding hydrogens is 431 g/mol. The van der Waals surface area contributed by atoms with Crippen LogP contribution in [0.3, 0.4) is 0 Å². The van der Waals surface area contributed by atoms with E-state index in [4.69, 9.17) is 11.6 Å². The topological polar surface area (TPSA) is 62.3 Å². The van der Waals surface area contributed by atoms with E-state index in [0.717, 1.165) is 27.9 Å². The number of hydrogen-bond acceptors (Lipinski definition) is 3. The van der Waals surface area contributed by atoms with Crippen molar-refractivity contribution in [3.05, 3.63) is 77.0 Å². The molecule has 0 saturated heterocycles. The molecule has 3 rings (SSSR count). The fraction of sp³-hybridized carbons (Fsp3) is 0.136. The van der Waals surface area contributed by atoms with Gasteiger partial charge < -0.3 is 10.2 Å². The number of alkyl halides is 3. The number of carbonyl (C=O) groups is 2. The van der Waals surface area contributed by atoms with Crippen molar-refractivity contribution in [1.29, 1.82) is 0 Å². The largest absolute Gasteiger partial charge is 0.417 e. The standard InChI is InChI=1S/C22H17ClF3N3O2/c1-29(13-20(30)28-16-8-10-18(23)17(12-16)22(24,25)26)21(31)11-9-15-7-6-14-4-2-3-5-19(14)27-15/h2-12H,13H2,1H3,(H,28,30). The maximum Gasteiger partial charge on any atom is 0.417 e. The van der Waals surface area contributed by atoms with E-state index >= 15 is 0 Å². The van der Waals surface area contributed by atoms with Crippen LogP contribution in [-0.2, 0) is 15.8 Å². The van der Waals surface area contributed by atoms with E-state index in [2.05, 4.69) is 10.3 Å². The molecule has 0 fully saturated rings. The lowest BCUT2D eigenvalue weighted by Gasteiger charge is -2.16. The Morgan fingerprint density at radius 1 is 1.13 bits per heavy atom. The number of carbonyl (C=O) groups excluding carboxylic acids is 2. The zero-order chi connectivity index (χ0) is 22.6. The summed E-state index contributed by atoms with van der Waals surface area (Å²) >= 11 is 5.56. The number of benzene rings is 2. The number of fused-ring (bicyclic) bond motifs is 1. The third-order valence-electron chi connectivity index (χ3n) is 4.33. The monoisotopic (exact) mass is 447 g/mol. The van der Waals surface area contributed by atoms with E-state index in [9.17, 15) is 22.8 Å². The van der Waals surface area contributed by atoms with E-state index in [-0.39, 0.29) is 12.2 Å². The summed E-state index contributed by atoms with van der Waals surface area (Å²) in [5.41, 5.74) is 0.234. The van der Waals surface area contributed by atoms with E-state index in [1.165, 1.54) is 25.3 Å². The molecule has 0 unspecified atom stereocenters. The van der Waals surface area contributed by atoms with Crippen molar-refractivity contribution in [2.24, 2.45) is 0 Å². The Morgan fingerprint density at radius 3 is 2.61 bits per heavy atom. The molecule has 31 heavy (non-hydrogen) atoms. The molecule has 0 saturated carbocycles. The molecule has 0 atom stereocenters. The van der Waals surface area contributed by atoms with Gasteiger partial charge in [-0.05, 0) is 36.4 Å². The Kier molecular flexibility index (Phi) is 6.60. The molecule has 0 bridgehead atoms. The molecule has 0 aliphatic rings. The van der Waals surface area contributed by atoms with Crippen molar-refractivity contribution in [2.75, 3.05) is 18.9 Å². The van der Waals surface area contributed by atoms with Gasteiger partial charge >= 0.3 is 6.18 Å². The highest BCUT2D eigenvalue weighted by Crippen LogP contribution is 2.36. The predicted octanol–water partition coefficient (Wildman–Crippen LogP) is 5.02. The minimum atomic E-state index is -4.65. The summed E-state index contributed by atoms with van der Waals surface area (Å²) < 4.78 is 38.8. The second kappa shape index (κ2) is 9.18. The van der Waals surface area contributed by atoms with E-state index in [0.29, 0.717) is 5.69 Å². The highest BCUT2D eigenvalue weighted by atomic mass is 35.5. The Labute approximate surface area is 181 Å². The summed E-state index contributed by atoms with van der Waals surface area (Å²) in [6.45, 7) is -0.349. The van der Waals surface area contributed by atoms with Crippen LogP contribution in [0.5, 0.6) is 0 Å². The molecule has 3 aromatic rings. The fourth-order valence-electron chi connectivity index (χ4n) is 2.77. The van der Waals surface area contributed by atoms with Gasteiger partial charge in [0.2, 0.25) is 11.8 Å². The second-order valence-corrected chi connectivity index (χ2v) is 7.10. The molecule has 2 aromatic carbocycles. The first-order valence-corrected chi connectivity index (χ1v) is 9.47. The van der Waals surface area contributed by atoms with Crippen molar-refractivity contribution in [3.63, 3.8) is 0 Å². The van der Waals surface area contributed by atoms with Gasteiger partial charge in [-0.1, -0.05) is 35.9 Å². The summed E-state index contributed by atoms with van der Waals surface area (Å²) in [5, 5.41) is 2.83. The fourth-order valence-corrected chi connectivity index (χ4v) is 3.00. The van der Waals surface area contributed by atoms with Gasteiger partial charge in [-0.15, -0.1) is 0 Å². The summed E-state index contributed by atoms with van der Waals surface area (Å²) in [7, 11) is 1.41. The maximum absolute atomic E-state index is 12.9. The number of anilines is 1. The van der Waals surface area contributed by atoms with E-state index in [1.807, 2.05) is 30.3 Å². The molecule has 0 aliphatic carbocycles. The normalized spacial score (nSPS) is 11.6. The van der Waals surface area contributed by atoms with E-state index < -0.39 is 28.6 Å². The van der Waals surface area contributed by atoms with E-state index in [1.54, 1.807) is 6.07 Å². The molecule has 9 heteroatoms. The summed E-state index contributed by atoms with van der Waals surface area (Å²) in [4.78, 5) is 30.0. The number of halogens is 4. The van der Waals surface area contributed by atoms with Crippen LogP contribution in [0.25, 0.3) is 17.0 Å². The van der Waals surface area contributed by atoms with Crippen molar-refractivity contribution >= 4 is 46.1 Å². The third-order valence-corrected chi connectivity index (χ3v) is 4.66. The predicted molar refractivity (Wildman–Crippen MR) is 113 cm³/mol. The smallest absolute Gasteiger partial charge is 0.333 e. The van der Waals surface area contributed by atoms with Gasteiger partial charge in [-0.2, -0.15) is 13.2 Å².